The molecule has 21 heavy (non-hydrogen) atoms. The standard InChI is InChI=1S/C16H19N3OS/c20-16(11-21-13-4-7-17-8-5-13)19-15-3-1-2-12-10-18-9-6-14(12)15/h1-3,6,9-10,13,17H,4-5,7-8,11H2,(H,19,20). The second-order valence-electron chi connectivity index (χ2n) is 5.21. The van der Waals surface area contributed by atoms with Crippen molar-refractivity contribution in [2.45, 2.75) is 18.1 Å². The normalized spacial score (nSPS) is 16.0. The molecule has 3 rings (SSSR count). The molecule has 4 nitrogen and oxygen atoms in total. The lowest BCUT2D eigenvalue weighted by Crippen LogP contribution is -2.30. The van der Waals surface area contributed by atoms with E-state index in [0.29, 0.717) is 11.0 Å². The average molecular weight is 301 g/mol. The number of thioether (sulfide) groups is 1. The smallest absolute Gasteiger partial charge is 0.234 e. The number of fused-ring (bicyclic) bond motifs is 1. The first-order valence-corrected chi connectivity index (χ1v) is 8.33. The third-order valence-corrected chi connectivity index (χ3v) is 5.06. The topological polar surface area (TPSA) is 54.0 Å². The average Bonchev–Trinajstić information content (AvgIpc) is 2.54. The third-order valence-electron chi connectivity index (χ3n) is 3.69. The Balaban J connectivity index is 1.61. The number of carbonyl (C=O) groups excluding carboxylic acids is 1. The van der Waals surface area contributed by atoms with Gasteiger partial charge in [-0.05, 0) is 38.1 Å². The van der Waals surface area contributed by atoms with Gasteiger partial charge >= 0.3 is 0 Å². The summed E-state index contributed by atoms with van der Waals surface area (Å²) in [4.78, 5) is 16.2. The molecule has 5 heteroatoms. The molecule has 2 aromatic rings. The molecule has 1 fully saturated rings. The molecule has 0 aliphatic carbocycles. The van der Waals surface area contributed by atoms with Gasteiger partial charge in [0.05, 0.1) is 5.75 Å². The van der Waals surface area contributed by atoms with Crippen molar-refractivity contribution in [2.75, 3.05) is 24.2 Å². The number of aromatic nitrogens is 1. The largest absolute Gasteiger partial charge is 0.325 e. The van der Waals surface area contributed by atoms with Crippen LogP contribution in [0, 0.1) is 0 Å². The minimum Gasteiger partial charge on any atom is -0.325 e. The Bertz CT molecular complexity index is 620. The summed E-state index contributed by atoms with van der Waals surface area (Å²) in [7, 11) is 0. The maximum Gasteiger partial charge on any atom is 0.234 e. The Morgan fingerprint density at radius 1 is 1.33 bits per heavy atom. The van der Waals surface area contributed by atoms with Gasteiger partial charge in [-0.15, -0.1) is 11.8 Å². The molecule has 2 heterocycles. The Morgan fingerprint density at radius 2 is 2.19 bits per heavy atom. The fraction of sp³-hybridized carbons (Fsp3) is 0.375. The molecule has 1 saturated heterocycles. The van der Waals surface area contributed by atoms with Crippen LogP contribution in [0.4, 0.5) is 5.69 Å². The number of carbonyl (C=O) groups is 1. The first kappa shape index (κ1) is 14.4. The fourth-order valence-electron chi connectivity index (χ4n) is 2.57. The highest BCUT2D eigenvalue weighted by Gasteiger charge is 2.15. The Morgan fingerprint density at radius 3 is 3.05 bits per heavy atom. The summed E-state index contributed by atoms with van der Waals surface area (Å²) >= 11 is 1.77. The van der Waals surface area contributed by atoms with Crippen LogP contribution < -0.4 is 10.6 Å². The molecular formula is C16H19N3OS. The monoisotopic (exact) mass is 301 g/mol. The minimum absolute atomic E-state index is 0.0721. The van der Waals surface area contributed by atoms with Crippen molar-refractivity contribution in [1.29, 1.82) is 0 Å². The van der Waals surface area contributed by atoms with Gasteiger partial charge in [-0.2, -0.15) is 0 Å². The highest BCUT2D eigenvalue weighted by Crippen LogP contribution is 2.24. The van der Waals surface area contributed by atoms with Crippen LogP contribution in [-0.2, 0) is 4.79 Å². The first-order valence-electron chi connectivity index (χ1n) is 7.28. The Hall–Kier alpha value is -1.59. The van der Waals surface area contributed by atoms with E-state index >= 15 is 0 Å². The van der Waals surface area contributed by atoms with E-state index in [9.17, 15) is 4.79 Å². The highest BCUT2D eigenvalue weighted by molar-refractivity contribution is 8.00. The predicted molar refractivity (Wildman–Crippen MR) is 88.7 cm³/mol. The number of piperidine rings is 1. The lowest BCUT2D eigenvalue weighted by molar-refractivity contribution is -0.113. The van der Waals surface area contributed by atoms with Crippen molar-refractivity contribution in [3.63, 3.8) is 0 Å². The molecule has 1 aromatic carbocycles. The van der Waals surface area contributed by atoms with Crippen molar-refractivity contribution in [1.82, 2.24) is 10.3 Å². The minimum atomic E-state index is 0.0721. The third kappa shape index (κ3) is 3.74. The molecule has 1 aromatic heterocycles. The SMILES string of the molecule is O=C(CSC1CCNCC1)Nc1cccc2cnccc12. The summed E-state index contributed by atoms with van der Waals surface area (Å²) in [6.45, 7) is 2.13. The zero-order valence-corrected chi connectivity index (χ0v) is 12.7. The van der Waals surface area contributed by atoms with Crippen LogP contribution in [-0.4, -0.2) is 35.0 Å². The molecule has 0 atom stereocenters. The molecule has 2 N–H and O–H groups in total. The van der Waals surface area contributed by atoms with Crippen LogP contribution >= 0.6 is 11.8 Å². The summed E-state index contributed by atoms with van der Waals surface area (Å²) in [5.41, 5.74) is 0.866. The number of rotatable bonds is 4. The van der Waals surface area contributed by atoms with E-state index in [-0.39, 0.29) is 5.91 Å². The number of nitrogens with one attached hydrogen (secondary N) is 2. The van der Waals surface area contributed by atoms with Gasteiger partial charge in [-0.1, -0.05) is 12.1 Å². The van der Waals surface area contributed by atoms with Gasteiger partial charge in [0.25, 0.3) is 0 Å². The summed E-state index contributed by atoms with van der Waals surface area (Å²) < 4.78 is 0. The van der Waals surface area contributed by atoms with E-state index in [4.69, 9.17) is 0 Å². The number of amides is 1. The molecule has 0 unspecified atom stereocenters. The van der Waals surface area contributed by atoms with Gasteiger partial charge in [0, 0.05) is 34.1 Å². The molecule has 1 aliphatic heterocycles. The van der Waals surface area contributed by atoms with Crippen LogP contribution in [0.1, 0.15) is 12.8 Å². The van der Waals surface area contributed by atoms with Crippen LogP contribution in [0.5, 0.6) is 0 Å². The van der Waals surface area contributed by atoms with Gasteiger partial charge in [-0.25, -0.2) is 0 Å². The number of nitrogens with zero attached hydrogens (tertiary/aromatic N) is 1. The van der Waals surface area contributed by atoms with Crippen LogP contribution in [0.3, 0.4) is 0 Å². The van der Waals surface area contributed by atoms with Gasteiger partial charge in [0.15, 0.2) is 0 Å². The van der Waals surface area contributed by atoms with Crippen LogP contribution in [0.15, 0.2) is 36.7 Å². The number of hydrogen-bond acceptors (Lipinski definition) is 4. The first-order chi connectivity index (χ1) is 10.3. The van der Waals surface area contributed by atoms with E-state index in [0.717, 1.165) is 42.4 Å². The van der Waals surface area contributed by atoms with Crippen molar-refractivity contribution in [3.05, 3.63) is 36.7 Å². The predicted octanol–water partition coefficient (Wildman–Crippen LogP) is 2.66. The molecule has 110 valence electrons. The second-order valence-corrected chi connectivity index (χ2v) is 6.50. The summed E-state index contributed by atoms with van der Waals surface area (Å²) in [5, 5.41) is 9.05. The van der Waals surface area contributed by atoms with Gasteiger partial charge in [0.1, 0.15) is 0 Å². The molecular weight excluding hydrogens is 282 g/mol. The summed E-state index contributed by atoms with van der Waals surface area (Å²) in [5.74, 6) is 0.592. The zero-order chi connectivity index (χ0) is 14.5. The number of pyridine rings is 1. The maximum absolute atomic E-state index is 12.1. The Kier molecular flexibility index (Phi) is 4.72. The second kappa shape index (κ2) is 6.91. The quantitative estimate of drug-likeness (QED) is 0.911. The number of hydrogen-bond donors (Lipinski definition) is 2. The van der Waals surface area contributed by atoms with Crippen molar-refractivity contribution in [3.8, 4) is 0 Å². The van der Waals surface area contributed by atoms with Gasteiger partial charge in [0.2, 0.25) is 5.91 Å². The number of anilines is 1. The lowest BCUT2D eigenvalue weighted by atomic mass is 10.1. The zero-order valence-electron chi connectivity index (χ0n) is 11.8. The van der Waals surface area contributed by atoms with E-state index in [1.165, 1.54) is 0 Å². The summed E-state index contributed by atoms with van der Waals surface area (Å²) in [6.07, 6.45) is 5.87. The van der Waals surface area contributed by atoms with Gasteiger partial charge in [-0.3, -0.25) is 9.78 Å². The van der Waals surface area contributed by atoms with E-state index in [2.05, 4.69) is 15.6 Å². The van der Waals surface area contributed by atoms with Crippen molar-refractivity contribution < 1.29 is 4.79 Å². The molecule has 0 saturated carbocycles. The summed E-state index contributed by atoms with van der Waals surface area (Å²) in [6, 6.07) is 7.82. The van der Waals surface area contributed by atoms with E-state index in [1.807, 2.05) is 30.5 Å². The van der Waals surface area contributed by atoms with Crippen molar-refractivity contribution >= 4 is 34.1 Å². The molecule has 1 amide bonds. The van der Waals surface area contributed by atoms with Crippen molar-refractivity contribution in [2.24, 2.45) is 0 Å². The maximum atomic E-state index is 12.1. The van der Waals surface area contributed by atoms with E-state index < -0.39 is 0 Å². The van der Waals surface area contributed by atoms with Crippen LogP contribution in [0.2, 0.25) is 0 Å². The Labute approximate surface area is 128 Å². The highest BCUT2D eigenvalue weighted by atomic mass is 32.2. The lowest BCUT2D eigenvalue weighted by Gasteiger charge is -2.21. The van der Waals surface area contributed by atoms with E-state index in [1.54, 1.807) is 18.0 Å². The fourth-order valence-corrected chi connectivity index (χ4v) is 3.60. The van der Waals surface area contributed by atoms with Crippen LogP contribution in [0.25, 0.3) is 10.8 Å². The molecule has 1 aliphatic rings. The molecule has 0 spiro atoms. The molecule has 0 radical (unpaired) electrons. The number of benzene rings is 1. The van der Waals surface area contributed by atoms with Gasteiger partial charge < -0.3 is 10.6 Å². The molecule has 0 bridgehead atoms.